The van der Waals surface area contributed by atoms with E-state index in [2.05, 4.69) is 158 Å². The molecule has 278 valence electrons. The van der Waals surface area contributed by atoms with Gasteiger partial charge in [-0.3, -0.25) is 0 Å². The van der Waals surface area contributed by atoms with Gasteiger partial charge in [0, 0.05) is 43.7 Å². The summed E-state index contributed by atoms with van der Waals surface area (Å²) in [6.07, 6.45) is 0. The van der Waals surface area contributed by atoms with Crippen molar-refractivity contribution in [3.05, 3.63) is 193 Å². The molecule has 0 bridgehead atoms. The zero-order valence-corrected chi connectivity index (χ0v) is 32.5. The predicted octanol–water partition coefficient (Wildman–Crippen LogP) is 13.8. The molecule has 1 aliphatic carbocycles. The summed E-state index contributed by atoms with van der Waals surface area (Å²) in [5, 5.41) is 4.41. The lowest BCUT2D eigenvalue weighted by Crippen LogP contribution is -2.16. The zero-order valence-electron chi connectivity index (χ0n) is 32.5. The Kier molecular flexibility index (Phi) is 7.20. The van der Waals surface area contributed by atoms with Crippen LogP contribution < -0.4 is 0 Å². The van der Waals surface area contributed by atoms with E-state index in [1.54, 1.807) is 0 Å². The van der Waals surface area contributed by atoms with Crippen LogP contribution in [0.15, 0.2) is 186 Å². The number of nitrogens with zero attached hydrogens (tertiary/aromatic N) is 4. The first kappa shape index (κ1) is 33.5. The number of benzene rings is 8. The topological polar surface area (TPSA) is 56.7 Å². The van der Waals surface area contributed by atoms with Crippen molar-refractivity contribution >= 4 is 43.7 Å². The summed E-state index contributed by atoms with van der Waals surface area (Å²) in [5.41, 5.74) is 14.9. The van der Waals surface area contributed by atoms with Gasteiger partial charge in [0.05, 0.1) is 16.7 Å². The van der Waals surface area contributed by atoms with E-state index in [0.717, 1.165) is 61.0 Å². The van der Waals surface area contributed by atoms with E-state index in [1.807, 2.05) is 42.5 Å². The van der Waals surface area contributed by atoms with E-state index in [4.69, 9.17) is 19.4 Å². The van der Waals surface area contributed by atoms with Gasteiger partial charge in [-0.05, 0) is 57.6 Å². The van der Waals surface area contributed by atoms with Crippen LogP contribution in [0.25, 0.3) is 106 Å². The number of rotatable bonds is 5. The maximum Gasteiger partial charge on any atom is 0.164 e. The van der Waals surface area contributed by atoms with Gasteiger partial charge in [-0.25, -0.2) is 15.0 Å². The van der Waals surface area contributed by atoms with Crippen molar-refractivity contribution in [2.45, 2.75) is 19.3 Å². The van der Waals surface area contributed by atoms with Crippen LogP contribution in [-0.4, -0.2) is 19.5 Å². The molecule has 0 atom stereocenters. The van der Waals surface area contributed by atoms with Crippen LogP contribution in [0.4, 0.5) is 0 Å². The standard InChI is InChI=1S/C54H36N4O/c1-54(2)43-22-12-9-19-37(43)39-29-30-40-38-20-10-13-23-44(38)58(49(40)48(39)54)45-32-31-42(47-41-21-11-14-24-46(41)59-50(45)47)53-56-51(35-17-7-4-8-18-35)55-52(57-53)36-27-25-34(26-28-36)33-15-5-3-6-16-33/h3-32H,1-2H3. The molecule has 11 aromatic rings. The van der Waals surface area contributed by atoms with Gasteiger partial charge in [0.2, 0.25) is 0 Å². The molecule has 59 heavy (non-hydrogen) atoms. The van der Waals surface area contributed by atoms with Crippen molar-refractivity contribution in [2.75, 3.05) is 0 Å². The summed E-state index contributed by atoms with van der Waals surface area (Å²) in [6, 6.07) is 63.9. The minimum Gasteiger partial charge on any atom is -0.454 e. The van der Waals surface area contributed by atoms with Crippen LogP contribution >= 0.6 is 0 Å². The van der Waals surface area contributed by atoms with Crippen LogP contribution in [0.2, 0.25) is 0 Å². The lowest BCUT2D eigenvalue weighted by molar-refractivity contribution is 0.660. The van der Waals surface area contributed by atoms with Crippen LogP contribution in [0, 0.1) is 0 Å². The zero-order chi connectivity index (χ0) is 39.2. The van der Waals surface area contributed by atoms with Crippen LogP contribution in [0.5, 0.6) is 0 Å². The first-order valence-electron chi connectivity index (χ1n) is 20.1. The number of aromatic nitrogens is 4. The quantitative estimate of drug-likeness (QED) is 0.175. The minimum atomic E-state index is -0.223. The normalized spacial score (nSPS) is 13.1. The molecule has 0 amide bonds. The van der Waals surface area contributed by atoms with Crippen LogP contribution in [-0.2, 0) is 5.41 Å². The van der Waals surface area contributed by atoms with E-state index in [9.17, 15) is 0 Å². The number of hydrogen-bond acceptors (Lipinski definition) is 4. The van der Waals surface area contributed by atoms with E-state index in [-0.39, 0.29) is 5.41 Å². The Bertz CT molecular complexity index is 3450. The van der Waals surface area contributed by atoms with E-state index in [1.165, 1.54) is 38.5 Å². The van der Waals surface area contributed by atoms with Gasteiger partial charge in [0.15, 0.2) is 23.1 Å². The molecule has 5 heteroatoms. The highest BCUT2D eigenvalue weighted by molar-refractivity contribution is 6.17. The maximum absolute atomic E-state index is 6.99. The highest BCUT2D eigenvalue weighted by atomic mass is 16.3. The van der Waals surface area contributed by atoms with Gasteiger partial charge in [-0.15, -0.1) is 0 Å². The molecular weight excluding hydrogens is 721 g/mol. The fourth-order valence-corrected chi connectivity index (χ4v) is 9.52. The number of para-hydroxylation sites is 2. The molecule has 8 aromatic carbocycles. The SMILES string of the molecule is CC1(C)c2ccccc2-c2ccc3c4ccccc4n(-c4ccc(-c5nc(-c6ccccc6)nc(-c6ccc(-c7ccccc7)cc6)n5)c5c4oc4ccccc45)c3c21. The fraction of sp³-hybridized carbons (Fsp3) is 0.0556. The van der Waals surface area contributed by atoms with E-state index >= 15 is 0 Å². The number of furan rings is 1. The molecule has 0 saturated heterocycles. The summed E-state index contributed by atoms with van der Waals surface area (Å²) < 4.78 is 9.43. The first-order valence-corrected chi connectivity index (χ1v) is 20.1. The Labute approximate surface area is 340 Å². The predicted molar refractivity (Wildman–Crippen MR) is 241 cm³/mol. The molecule has 3 heterocycles. The lowest BCUT2D eigenvalue weighted by atomic mass is 9.81. The molecule has 0 aliphatic heterocycles. The average Bonchev–Trinajstić information content (AvgIpc) is 3.92. The highest BCUT2D eigenvalue weighted by Crippen LogP contribution is 2.53. The average molecular weight is 757 g/mol. The molecule has 5 nitrogen and oxygen atoms in total. The summed E-state index contributed by atoms with van der Waals surface area (Å²) in [7, 11) is 0. The summed E-state index contributed by atoms with van der Waals surface area (Å²) in [5.74, 6) is 1.81. The van der Waals surface area contributed by atoms with Gasteiger partial charge in [0.1, 0.15) is 5.58 Å². The number of fused-ring (bicyclic) bond motifs is 10. The molecule has 0 unspecified atom stereocenters. The Hall–Kier alpha value is -7.63. The number of hydrogen-bond donors (Lipinski definition) is 0. The van der Waals surface area contributed by atoms with Crippen molar-refractivity contribution in [1.29, 1.82) is 0 Å². The minimum absolute atomic E-state index is 0.223. The van der Waals surface area contributed by atoms with Crippen molar-refractivity contribution in [1.82, 2.24) is 19.5 Å². The molecule has 0 radical (unpaired) electrons. The molecule has 0 N–H and O–H groups in total. The third-order valence-corrected chi connectivity index (χ3v) is 12.3. The highest BCUT2D eigenvalue weighted by Gasteiger charge is 2.38. The van der Waals surface area contributed by atoms with Crippen molar-refractivity contribution in [3.8, 4) is 62.1 Å². The Balaban J connectivity index is 1.13. The van der Waals surface area contributed by atoms with Crippen LogP contribution in [0.1, 0.15) is 25.0 Å². The Morgan fingerprint density at radius 3 is 1.80 bits per heavy atom. The third kappa shape index (κ3) is 5.01. The van der Waals surface area contributed by atoms with Gasteiger partial charge in [0.25, 0.3) is 0 Å². The third-order valence-electron chi connectivity index (χ3n) is 12.3. The van der Waals surface area contributed by atoms with Crippen LogP contribution in [0.3, 0.4) is 0 Å². The van der Waals surface area contributed by atoms with Gasteiger partial charge < -0.3 is 8.98 Å². The van der Waals surface area contributed by atoms with Gasteiger partial charge in [-0.2, -0.15) is 0 Å². The monoisotopic (exact) mass is 756 g/mol. The Morgan fingerprint density at radius 2 is 1.02 bits per heavy atom. The van der Waals surface area contributed by atoms with Crippen molar-refractivity contribution < 1.29 is 4.42 Å². The second-order valence-electron chi connectivity index (χ2n) is 16.0. The fourth-order valence-electron chi connectivity index (χ4n) is 9.52. The van der Waals surface area contributed by atoms with Gasteiger partial charge >= 0.3 is 0 Å². The molecule has 12 rings (SSSR count). The summed E-state index contributed by atoms with van der Waals surface area (Å²) >= 11 is 0. The molecule has 3 aromatic heterocycles. The molecule has 1 aliphatic rings. The largest absolute Gasteiger partial charge is 0.454 e. The molecular formula is C54H36N4O. The lowest BCUT2D eigenvalue weighted by Gasteiger charge is -2.23. The second kappa shape index (κ2) is 12.7. The van der Waals surface area contributed by atoms with E-state index < -0.39 is 0 Å². The first-order chi connectivity index (χ1) is 29.0. The molecule has 0 saturated carbocycles. The maximum atomic E-state index is 6.99. The Morgan fingerprint density at radius 1 is 0.441 bits per heavy atom. The summed E-state index contributed by atoms with van der Waals surface area (Å²) in [6.45, 7) is 4.72. The van der Waals surface area contributed by atoms with Crippen molar-refractivity contribution in [2.24, 2.45) is 0 Å². The van der Waals surface area contributed by atoms with Gasteiger partial charge in [-0.1, -0.05) is 172 Å². The smallest absolute Gasteiger partial charge is 0.164 e. The van der Waals surface area contributed by atoms with Crippen molar-refractivity contribution in [3.63, 3.8) is 0 Å². The molecule has 0 fully saturated rings. The summed E-state index contributed by atoms with van der Waals surface area (Å²) in [4.78, 5) is 15.5. The second-order valence-corrected chi connectivity index (χ2v) is 16.0. The molecule has 0 spiro atoms. The van der Waals surface area contributed by atoms with E-state index in [0.29, 0.717) is 17.5 Å².